The Morgan fingerprint density at radius 3 is 1.00 bits per heavy atom. The smallest absolute Gasteiger partial charge is 0.303 e. The molecule has 0 saturated heterocycles. The molecule has 0 fully saturated rings. The minimum absolute atomic E-state index is 0. The molecule has 7 heteroatoms. The molecule has 0 spiro atoms. The molecule has 0 aliphatic heterocycles. The van der Waals surface area contributed by atoms with E-state index in [1.165, 1.54) is 0 Å². The van der Waals surface area contributed by atoms with E-state index in [0.29, 0.717) is 0 Å². The van der Waals surface area contributed by atoms with Crippen LogP contribution in [0.25, 0.3) is 0 Å². The lowest BCUT2D eigenvalue weighted by Crippen LogP contribution is -1.66. The Morgan fingerprint density at radius 2 is 1.00 bits per heavy atom. The van der Waals surface area contributed by atoms with Crippen LogP contribution < -0.4 is 0 Å². The topological polar surface area (TPSA) is 77.8 Å². The van der Waals surface area contributed by atoms with Crippen LogP contribution in [0.15, 0.2) is 0 Å². The molecule has 0 aliphatic rings. The van der Waals surface area contributed by atoms with Gasteiger partial charge in [0.05, 0.1) is 0 Å². The van der Waals surface area contributed by atoms with Crippen LogP contribution in [0, 0.1) is 0 Å². The van der Waals surface area contributed by atoms with E-state index in [0.717, 1.165) is 0 Å². The van der Waals surface area contributed by atoms with Crippen LogP contribution in [0.4, 0.5) is 0 Å². The van der Waals surface area contributed by atoms with Crippen molar-refractivity contribution in [1.82, 2.24) is 0 Å². The number of hydrogen-bond acceptors (Lipinski definition) is 1. The van der Waals surface area contributed by atoms with Crippen molar-refractivity contribution >= 4 is 53.9 Å². The molecule has 0 saturated carbocycles. The Morgan fingerprint density at radius 1 is 1.00 bits per heavy atom. The van der Waals surface area contributed by atoms with E-state index >= 15 is 0 Å². The Labute approximate surface area is 72.8 Å². The maximum Gasteiger partial charge on any atom is 0.466 e. The zero-order valence-electron chi connectivity index (χ0n) is 3.61. The second kappa shape index (κ2) is 5.77. The van der Waals surface area contributed by atoms with Crippen LogP contribution in [0.1, 0.15) is 0 Å². The van der Waals surface area contributed by atoms with Crippen molar-refractivity contribution < 1.29 is 19.2 Å². The normalized spacial score (nSPS) is 8.43. The lowest BCUT2D eigenvalue weighted by molar-refractivity contribution is 0.275. The zero-order valence-corrected chi connectivity index (χ0v) is 7.33. The quantitative estimate of drug-likeness (QED) is 0.282. The van der Waals surface area contributed by atoms with Gasteiger partial charge in [-0.05, 0) is 0 Å². The van der Waals surface area contributed by atoms with Crippen LogP contribution in [0.5, 0.6) is 0 Å². The number of phosphoric acid groups is 1. The summed E-state index contributed by atoms with van der Waals surface area (Å²) in [5, 5.41) is 0. The largest absolute Gasteiger partial charge is 0.466 e. The van der Waals surface area contributed by atoms with Crippen molar-refractivity contribution in [1.29, 1.82) is 0 Å². The second-order valence-corrected chi connectivity index (χ2v) is 1.54. The molecule has 0 unspecified atom stereocenters. The second-order valence-electron chi connectivity index (χ2n) is 0.513. The van der Waals surface area contributed by atoms with Crippen LogP contribution >= 0.6 is 7.82 Å². The fourth-order valence-electron chi connectivity index (χ4n) is 0. The van der Waals surface area contributed by atoms with Gasteiger partial charge in [-0.15, -0.1) is 0 Å². The van der Waals surface area contributed by atoms with Crippen molar-refractivity contribution in [3.8, 4) is 0 Å². The van der Waals surface area contributed by atoms with Crippen molar-refractivity contribution in [2.24, 2.45) is 0 Å². The summed E-state index contributed by atoms with van der Waals surface area (Å²) in [6.45, 7) is 0. The lowest BCUT2D eigenvalue weighted by atomic mass is 15.8. The Balaban J connectivity index is -0.0000000800. The van der Waals surface area contributed by atoms with Gasteiger partial charge in [0.15, 0.2) is 0 Å². The first kappa shape index (κ1) is 15.9. The highest BCUT2D eigenvalue weighted by molar-refractivity contribution is 7.45. The van der Waals surface area contributed by atoms with Crippen molar-refractivity contribution in [2.45, 2.75) is 0 Å². The summed E-state index contributed by atoms with van der Waals surface area (Å²) in [6.07, 6.45) is 0. The number of hydrogen-bond donors (Lipinski definition) is 3. The first-order chi connectivity index (χ1) is 2.00. The first-order valence-electron chi connectivity index (χ1n) is 0.783. The molecule has 4 radical (unpaired) electrons. The third kappa shape index (κ3) is 90.2. The molecular weight excluding hydrogens is 144 g/mol. The van der Waals surface area contributed by atoms with Crippen LogP contribution in [0.3, 0.4) is 0 Å². The molecule has 0 atom stereocenters. The highest BCUT2D eigenvalue weighted by Gasteiger charge is 2.00. The van der Waals surface area contributed by atoms with Gasteiger partial charge in [-0.3, -0.25) is 0 Å². The molecule has 0 rings (SSSR count). The van der Waals surface area contributed by atoms with Gasteiger partial charge in [0, 0.05) is 46.1 Å². The molecule has 0 bridgehead atoms. The van der Waals surface area contributed by atoms with Crippen LogP contribution in [-0.4, -0.2) is 60.8 Å². The molecule has 7 heavy (non-hydrogen) atoms. The zero-order chi connectivity index (χ0) is 4.50. The summed E-state index contributed by atoms with van der Waals surface area (Å²) in [6, 6.07) is 0. The third-order valence-corrected chi connectivity index (χ3v) is 0. The van der Waals surface area contributed by atoms with Gasteiger partial charge < -0.3 is 14.7 Å². The average molecular weight is 147 g/mol. The van der Waals surface area contributed by atoms with E-state index < -0.39 is 7.82 Å². The predicted octanol–water partition coefficient (Wildman–Crippen LogP) is -1.69. The Hall–Kier alpha value is 1.64. The van der Waals surface area contributed by atoms with Crippen LogP contribution in [0.2, 0.25) is 0 Å². The highest BCUT2D eigenvalue weighted by Crippen LogP contribution is 2.25. The SMILES string of the molecule is O=P(O)(O)O.[Mg].[Mg]. The summed E-state index contributed by atoms with van der Waals surface area (Å²) < 4.78 is 8.88. The maximum absolute atomic E-state index is 8.88. The fourth-order valence-corrected chi connectivity index (χ4v) is 0. The van der Waals surface area contributed by atoms with E-state index in [2.05, 4.69) is 0 Å². The van der Waals surface area contributed by atoms with Gasteiger partial charge in [0.2, 0.25) is 0 Å². The maximum atomic E-state index is 8.88. The number of rotatable bonds is 0. The third-order valence-electron chi connectivity index (χ3n) is 0. The van der Waals surface area contributed by atoms with Gasteiger partial charge in [0.1, 0.15) is 0 Å². The van der Waals surface area contributed by atoms with Crippen LogP contribution in [-0.2, 0) is 4.57 Å². The molecule has 0 aliphatic carbocycles. The monoisotopic (exact) mass is 146 g/mol. The summed E-state index contributed by atoms with van der Waals surface area (Å²) in [5.74, 6) is 0. The predicted molar refractivity (Wildman–Crippen MR) is 25.8 cm³/mol. The lowest BCUT2D eigenvalue weighted by Gasteiger charge is -1.82. The van der Waals surface area contributed by atoms with Gasteiger partial charge in [-0.1, -0.05) is 0 Å². The van der Waals surface area contributed by atoms with E-state index in [9.17, 15) is 0 Å². The van der Waals surface area contributed by atoms with Gasteiger partial charge in [0.25, 0.3) is 0 Å². The molecular formula is H3Mg2O4P. The van der Waals surface area contributed by atoms with E-state index in [1.807, 2.05) is 0 Å². The average Bonchev–Trinajstić information content (AvgIpc) is 0.722. The van der Waals surface area contributed by atoms with Gasteiger partial charge in [-0.25, -0.2) is 4.57 Å². The molecule has 4 nitrogen and oxygen atoms in total. The first-order valence-corrected chi connectivity index (χ1v) is 2.35. The van der Waals surface area contributed by atoms with Crippen molar-refractivity contribution in [2.75, 3.05) is 0 Å². The minimum atomic E-state index is -4.64. The summed E-state index contributed by atoms with van der Waals surface area (Å²) in [5.41, 5.74) is 0. The van der Waals surface area contributed by atoms with Crippen molar-refractivity contribution in [3.05, 3.63) is 0 Å². The molecule has 0 amide bonds. The highest BCUT2D eigenvalue weighted by atomic mass is 31.2. The molecule has 0 heterocycles. The molecule has 36 valence electrons. The molecule has 0 aromatic carbocycles. The van der Waals surface area contributed by atoms with Gasteiger partial charge in [-0.2, -0.15) is 0 Å². The van der Waals surface area contributed by atoms with E-state index in [4.69, 9.17) is 19.2 Å². The Kier molecular flexibility index (Phi) is 13.1. The standard InChI is InChI=1S/2Mg.H3O4P/c;;1-5(2,3)4/h;;(H3,1,2,3,4). The molecule has 0 aromatic rings. The Bertz CT molecular complexity index is 55.8. The summed E-state index contributed by atoms with van der Waals surface area (Å²) in [7, 11) is -4.64. The van der Waals surface area contributed by atoms with Gasteiger partial charge >= 0.3 is 7.82 Å². The molecule has 3 N–H and O–H groups in total. The fraction of sp³-hybridized carbons (Fsp3) is 0. The van der Waals surface area contributed by atoms with E-state index in [-0.39, 0.29) is 46.1 Å². The summed E-state index contributed by atoms with van der Waals surface area (Å²) >= 11 is 0. The summed E-state index contributed by atoms with van der Waals surface area (Å²) in [4.78, 5) is 21.6. The minimum Gasteiger partial charge on any atom is -0.303 e. The molecule has 0 aromatic heterocycles. The van der Waals surface area contributed by atoms with E-state index in [1.54, 1.807) is 0 Å². The van der Waals surface area contributed by atoms with Crippen molar-refractivity contribution in [3.63, 3.8) is 0 Å².